The third-order valence-corrected chi connectivity index (χ3v) is 4.75. The van der Waals surface area contributed by atoms with E-state index in [0.29, 0.717) is 47.9 Å². The average molecular weight is 422 g/mol. The van der Waals surface area contributed by atoms with Gasteiger partial charge in [-0.05, 0) is 19.1 Å². The molecule has 4 aromatic rings. The van der Waals surface area contributed by atoms with Gasteiger partial charge in [-0.3, -0.25) is 4.99 Å². The Balaban J connectivity index is 1.87. The first-order valence-electron chi connectivity index (χ1n) is 9.42. The Bertz CT molecular complexity index is 1270. The Morgan fingerprint density at radius 3 is 2.77 bits per heavy atom. The van der Waals surface area contributed by atoms with Crippen LogP contribution in [0.1, 0.15) is 23.2 Å². The molecule has 0 atom stereocenters. The molecule has 0 aliphatic heterocycles. The van der Waals surface area contributed by atoms with Crippen LogP contribution in [0.25, 0.3) is 22.3 Å². The van der Waals surface area contributed by atoms with E-state index in [-0.39, 0.29) is 0 Å². The maximum atomic E-state index is 5.44. The minimum atomic E-state index is 0.317. The molecular weight excluding hydrogens is 400 g/mol. The number of methoxy groups -OCH3 is 2. The van der Waals surface area contributed by atoms with Crippen LogP contribution < -0.4 is 0 Å². The van der Waals surface area contributed by atoms with Crippen LogP contribution in [-0.4, -0.2) is 63.2 Å². The maximum Gasteiger partial charge on any atom is 0.246 e. The summed E-state index contributed by atoms with van der Waals surface area (Å²) in [6, 6.07) is 3.90. The molecule has 31 heavy (non-hydrogen) atoms. The van der Waals surface area contributed by atoms with Crippen LogP contribution >= 0.6 is 0 Å². The fourth-order valence-corrected chi connectivity index (χ4v) is 3.43. The molecule has 0 N–H and O–H groups in total. The van der Waals surface area contributed by atoms with E-state index >= 15 is 0 Å². The topological polar surface area (TPSA) is 118 Å². The first-order valence-corrected chi connectivity index (χ1v) is 9.42. The second kappa shape index (κ2) is 8.48. The zero-order chi connectivity index (χ0) is 22.0. The van der Waals surface area contributed by atoms with E-state index < -0.39 is 0 Å². The van der Waals surface area contributed by atoms with Crippen molar-refractivity contribution < 1.29 is 14.0 Å². The van der Waals surface area contributed by atoms with Crippen molar-refractivity contribution in [3.8, 4) is 11.1 Å². The second-order valence-electron chi connectivity index (χ2n) is 6.65. The maximum absolute atomic E-state index is 5.44. The van der Waals surface area contributed by atoms with Crippen LogP contribution in [0, 0.1) is 6.92 Å². The van der Waals surface area contributed by atoms with Gasteiger partial charge in [0, 0.05) is 44.4 Å². The third-order valence-electron chi connectivity index (χ3n) is 4.75. The molecule has 11 heteroatoms. The molecule has 0 amide bonds. The first-order chi connectivity index (χ1) is 15.1. The lowest BCUT2D eigenvalue weighted by molar-refractivity contribution is 0.174. The number of ether oxygens (including phenoxy) is 2. The number of pyridine rings is 1. The number of nitrogens with zero attached hydrogens (tertiary/aromatic N) is 8. The van der Waals surface area contributed by atoms with E-state index in [1.54, 1.807) is 45.3 Å². The van der Waals surface area contributed by atoms with E-state index in [4.69, 9.17) is 14.0 Å². The number of aliphatic imine (C=N–C) groups is 1. The SMILES string of the molecule is C=Nn1ccc(-c2cnc3nc(COC)n(Cc4nc(C)no4)c3c2)c1/C(=N\C)OC. The summed E-state index contributed by atoms with van der Waals surface area (Å²) >= 11 is 0. The van der Waals surface area contributed by atoms with Crippen LogP contribution in [0.5, 0.6) is 0 Å². The Kier molecular flexibility index (Phi) is 5.58. The van der Waals surface area contributed by atoms with Gasteiger partial charge in [0.25, 0.3) is 0 Å². The van der Waals surface area contributed by atoms with Crippen LogP contribution in [0.4, 0.5) is 0 Å². The number of fused-ring (bicyclic) bond motifs is 1. The highest BCUT2D eigenvalue weighted by molar-refractivity contribution is 6.00. The Morgan fingerprint density at radius 1 is 1.29 bits per heavy atom. The second-order valence-corrected chi connectivity index (χ2v) is 6.65. The van der Waals surface area contributed by atoms with Gasteiger partial charge in [-0.2, -0.15) is 10.1 Å². The molecule has 0 radical (unpaired) electrons. The molecule has 0 aromatic carbocycles. The Morgan fingerprint density at radius 2 is 2.13 bits per heavy atom. The van der Waals surface area contributed by atoms with Crippen molar-refractivity contribution in [2.24, 2.45) is 10.1 Å². The van der Waals surface area contributed by atoms with Crippen LogP contribution in [0.15, 0.2) is 39.1 Å². The van der Waals surface area contributed by atoms with Crippen LogP contribution in [-0.2, 0) is 22.6 Å². The van der Waals surface area contributed by atoms with E-state index in [1.807, 2.05) is 16.7 Å². The predicted octanol–water partition coefficient (Wildman–Crippen LogP) is 2.27. The molecule has 0 saturated carbocycles. The van der Waals surface area contributed by atoms with E-state index in [2.05, 4.69) is 36.9 Å². The lowest BCUT2D eigenvalue weighted by Crippen LogP contribution is -2.10. The summed E-state index contributed by atoms with van der Waals surface area (Å²) in [5.74, 6) is 2.18. The molecule has 0 unspecified atom stereocenters. The molecule has 0 aliphatic carbocycles. The van der Waals surface area contributed by atoms with Gasteiger partial charge >= 0.3 is 0 Å². The van der Waals surface area contributed by atoms with E-state index in [0.717, 1.165) is 16.6 Å². The van der Waals surface area contributed by atoms with Crippen molar-refractivity contribution in [3.05, 3.63) is 47.8 Å². The number of imidazole rings is 1. The van der Waals surface area contributed by atoms with Crippen molar-refractivity contribution in [1.82, 2.24) is 29.4 Å². The predicted molar refractivity (Wildman–Crippen MR) is 114 cm³/mol. The first kappa shape index (κ1) is 20.4. The van der Waals surface area contributed by atoms with Gasteiger partial charge in [-0.1, -0.05) is 5.16 Å². The highest BCUT2D eigenvalue weighted by Crippen LogP contribution is 2.29. The summed E-state index contributed by atoms with van der Waals surface area (Å²) in [6.07, 6.45) is 3.54. The monoisotopic (exact) mass is 422 g/mol. The van der Waals surface area contributed by atoms with Gasteiger partial charge in [0.15, 0.2) is 11.5 Å². The summed E-state index contributed by atoms with van der Waals surface area (Å²) in [6.45, 7) is 6.06. The number of hydrogen-bond donors (Lipinski definition) is 0. The van der Waals surface area contributed by atoms with Gasteiger partial charge in [0.2, 0.25) is 11.8 Å². The molecule has 0 saturated heterocycles. The minimum absolute atomic E-state index is 0.317. The molecular formula is C20H22N8O3. The largest absolute Gasteiger partial charge is 0.480 e. The molecule has 11 nitrogen and oxygen atoms in total. The molecule has 0 spiro atoms. The van der Waals surface area contributed by atoms with Crippen molar-refractivity contribution in [3.63, 3.8) is 0 Å². The lowest BCUT2D eigenvalue weighted by atomic mass is 10.1. The molecule has 0 fully saturated rings. The summed E-state index contributed by atoms with van der Waals surface area (Å²) in [7, 11) is 4.84. The molecule has 4 aromatic heterocycles. The zero-order valence-electron chi connectivity index (χ0n) is 17.7. The lowest BCUT2D eigenvalue weighted by Gasteiger charge is -2.10. The van der Waals surface area contributed by atoms with Gasteiger partial charge in [0.1, 0.15) is 24.7 Å². The smallest absolute Gasteiger partial charge is 0.246 e. The Hall–Kier alpha value is -3.86. The zero-order valence-corrected chi connectivity index (χ0v) is 17.7. The average Bonchev–Trinajstić information content (AvgIpc) is 3.47. The normalized spacial score (nSPS) is 11.9. The van der Waals surface area contributed by atoms with Crippen LogP contribution in [0.2, 0.25) is 0 Å². The molecule has 160 valence electrons. The quantitative estimate of drug-likeness (QED) is 0.331. The van der Waals surface area contributed by atoms with Crippen molar-refractivity contribution in [2.45, 2.75) is 20.1 Å². The highest BCUT2D eigenvalue weighted by atomic mass is 16.5. The molecule has 4 rings (SSSR count). The Labute approximate surface area is 178 Å². The van der Waals surface area contributed by atoms with Gasteiger partial charge < -0.3 is 18.6 Å². The number of rotatable bonds is 7. The van der Waals surface area contributed by atoms with Gasteiger partial charge in [0.05, 0.1) is 12.6 Å². The van der Waals surface area contributed by atoms with Crippen molar-refractivity contribution in [2.75, 3.05) is 21.3 Å². The summed E-state index contributed by atoms with van der Waals surface area (Å²) in [5.41, 5.74) is 3.76. The standard InChI is InChI=1S/C20H22N8O3/c1-12-24-17(31-26-12)10-27-15-8-13(9-23-19(15)25-16(27)11-29-4)14-6-7-28(22-3)18(14)20(21-2)30-5/h6-9H,3,10-11H2,1-2,4-5H3/b21-20+. The molecule has 4 heterocycles. The number of aromatic nitrogens is 6. The fraction of sp³-hybridized carbons (Fsp3) is 0.300. The van der Waals surface area contributed by atoms with Crippen molar-refractivity contribution in [1.29, 1.82) is 0 Å². The molecule has 0 aliphatic rings. The third kappa shape index (κ3) is 3.70. The van der Waals surface area contributed by atoms with E-state index in [9.17, 15) is 0 Å². The van der Waals surface area contributed by atoms with E-state index in [1.165, 1.54) is 0 Å². The summed E-state index contributed by atoms with van der Waals surface area (Å²) < 4.78 is 19.6. The van der Waals surface area contributed by atoms with Gasteiger partial charge in [-0.25, -0.2) is 14.6 Å². The van der Waals surface area contributed by atoms with Crippen molar-refractivity contribution >= 4 is 23.8 Å². The minimum Gasteiger partial charge on any atom is -0.480 e. The summed E-state index contributed by atoms with van der Waals surface area (Å²) in [5, 5.41) is 7.89. The number of aryl methyl sites for hydroxylation is 1. The molecule has 0 bridgehead atoms. The number of hydrogen-bond acceptors (Lipinski definition) is 9. The van der Waals surface area contributed by atoms with Crippen LogP contribution in [0.3, 0.4) is 0 Å². The fourth-order valence-electron chi connectivity index (χ4n) is 3.43. The summed E-state index contributed by atoms with van der Waals surface area (Å²) in [4.78, 5) is 17.7. The van der Waals surface area contributed by atoms with Gasteiger partial charge in [-0.15, -0.1) is 0 Å². The highest BCUT2D eigenvalue weighted by Gasteiger charge is 2.20.